The van der Waals surface area contributed by atoms with E-state index in [1.54, 1.807) is 0 Å². The van der Waals surface area contributed by atoms with Gasteiger partial charge in [-0.15, -0.1) is 0 Å². The molecular formula is C14H24N3O2+. The maximum Gasteiger partial charge on any atom is 0.407 e. The average molecular weight is 266 g/mol. The zero-order chi connectivity index (χ0) is 14.4. The molecule has 0 unspecified atom stereocenters. The van der Waals surface area contributed by atoms with E-state index >= 15 is 0 Å². The van der Waals surface area contributed by atoms with Gasteiger partial charge in [-0.25, -0.2) is 4.79 Å². The summed E-state index contributed by atoms with van der Waals surface area (Å²) in [6, 6.07) is 8.58. The second-order valence-electron chi connectivity index (χ2n) is 4.99. The van der Waals surface area contributed by atoms with E-state index in [1.165, 1.54) is 17.6 Å². The predicted molar refractivity (Wildman–Crippen MR) is 76.7 cm³/mol. The van der Waals surface area contributed by atoms with E-state index in [2.05, 4.69) is 53.3 Å². The number of rotatable bonds is 5. The van der Waals surface area contributed by atoms with Gasteiger partial charge in [0.2, 0.25) is 0 Å². The number of amides is 1. The third kappa shape index (κ3) is 4.44. The molecule has 1 aromatic rings. The van der Waals surface area contributed by atoms with Gasteiger partial charge in [0, 0.05) is 25.3 Å². The van der Waals surface area contributed by atoms with Gasteiger partial charge in [0.05, 0.1) is 27.7 Å². The minimum Gasteiger partial charge on any atom is -0.453 e. The Morgan fingerprint density at radius 3 is 2.32 bits per heavy atom. The first-order valence-electron chi connectivity index (χ1n) is 6.35. The number of alkyl carbamates (subject to hydrolysis) is 1. The molecule has 0 heterocycles. The van der Waals surface area contributed by atoms with Gasteiger partial charge in [0.15, 0.2) is 0 Å². The van der Waals surface area contributed by atoms with Crippen LogP contribution < -0.4 is 15.1 Å². The first-order chi connectivity index (χ1) is 8.95. The Hall–Kier alpha value is -1.75. The Morgan fingerprint density at radius 2 is 1.89 bits per heavy atom. The van der Waals surface area contributed by atoms with Crippen molar-refractivity contribution in [2.45, 2.75) is 6.04 Å². The predicted octanol–water partition coefficient (Wildman–Crippen LogP) is 0.294. The Bertz CT molecular complexity index is 402. The Morgan fingerprint density at radius 1 is 1.32 bits per heavy atom. The van der Waals surface area contributed by atoms with E-state index < -0.39 is 6.09 Å². The number of benzene rings is 1. The van der Waals surface area contributed by atoms with Gasteiger partial charge in [0.1, 0.15) is 6.04 Å². The normalized spacial score (nSPS) is 12.1. The van der Waals surface area contributed by atoms with Gasteiger partial charge >= 0.3 is 6.09 Å². The molecule has 0 saturated heterocycles. The van der Waals surface area contributed by atoms with Crippen molar-refractivity contribution >= 4 is 11.8 Å². The molecule has 0 bridgehead atoms. The molecule has 0 aliphatic carbocycles. The molecule has 0 aliphatic rings. The first-order valence-corrected chi connectivity index (χ1v) is 6.35. The number of ether oxygens (including phenoxy) is 1. The highest BCUT2D eigenvalue weighted by atomic mass is 16.5. The molecule has 106 valence electrons. The molecule has 0 aromatic heterocycles. The summed E-state index contributed by atoms with van der Waals surface area (Å²) < 4.78 is 4.60. The van der Waals surface area contributed by atoms with Crippen LogP contribution >= 0.6 is 0 Å². The van der Waals surface area contributed by atoms with Crippen LogP contribution in [0.2, 0.25) is 0 Å². The topological polar surface area (TPSA) is 46.0 Å². The van der Waals surface area contributed by atoms with Gasteiger partial charge in [0.25, 0.3) is 0 Å². The quantitative estimate of drug-likeness (QED) is 0.805. The van der Waals surface area contributed by atoms with Crippen LogP contribution in [0.3, 0.4) is 0 Å². The summed E-state index contributed by atoms with van der Waals surface area (Å²) in [5.41, 5.74) is 2.36. The molecule has 5 heteroatoms. The maximum atomic E-state index is 11.2. The molecule has 19 heavy (non-hydrogen) atoms. The van der Waals surface area contributed by atoms with Crippen LogP contribution in [0.25, 0.3) is 0 Å². The first kappa shape index (κ1) is 15.3. The standard InChI is InChI=1S/C14H23N3O2/c1-16(2)12-8-6-11(7-9-12)13(17(3)4)10-15-14(18)19-5/h6-9,13H,10H2,1-5H3,(H,15,18)/p+1/t13-/m1/s1. The Kier molecular flexibility index (Phi) is 5.63. The highest BCUT2D eigenvalue weighted by Crippen LogP contribution is 2.15. The summed E-state index contributed by atoms with van der Waals surface area (Å²) in [5.74, 6) is 0. The van der Waals surface area contributed by atoms with Crippen LogP contribution in [0.5, 0.6) is 0 Å². The molecule has 0 radical (unpaired) electrons. The SMILES string of the molecule is COC(=O)NC[C@H](c1ccc(N(C)C)cc1)[NH+](C)C. The Labute approximate surface area is 115 Å². The van der Waals surface area contributed by atoms with E-state index in [0.29, 0.717) is 6.54 Å². The van der Waals surface area contributed by atoms with Crippen LogP contribution in [-0.2, 0) is 4.74 Å². The highest BCUT2D eigenvalue weighted by Gasteiger charge is 2.18. The number of hydrogen-bond acceptors (Lipinski definition) is 3. The van der Waals surface area contributed by atoms with Gasteiger partial charge in [-0.1, -0.05) is 12.1 Å². The van der Waals surface area contributed by atoms with Crippen LogP contribution in [0.1, 0.15) is 11.6 Å². The summed E-state index contributed by atoms with van der Waals surface area (Å²) in [4.78, 5) is 14.5. The van der Waals surface area contributed by atoms with Crippen molar-refractivity contribution in [1.29, 1.82) is 0 Å². The van der Waals surface area contributed by atoms with Crippen LogP contribution in [0, 0.1) is 0 Å². The number of carbonyl (C=O) groups is 1. The second kappa shape index (κ2) is 6.99. The van der Waals surface area contributed by atoms with Gasteiger partial charge in [-0.2, -0.15) is 0 Å². The van der Waals surface area contributed by atoms with Crippen LogP contribution in [0.15, 0.2) is 24.3 Å². The number of carbonyl (C=O) groups excluding carboxylic acids is 1. The summed E-state index contributed by atoms with van der Waals surface area (Å²) >= 11 is 0. The lowest BCUT2D eigenvalue weighted by Crippen LogP contribution is -3.07. The molecule has 0 aliphatic heterocycles. The van der Waals surface area contributed by atoms with Crippen molar-refractivity contribution in [3.05, 3.63) is 29.8 Å². The third-order valence-corrected chi connectivity index (χ3v) is 3.14. The van der Waals surface area contributed by atoms with Crippen LogP contribution in [-0.4, -0.2) is 47.9 Å². The zero-order valence-corrected chi connectivity index (χ0v) is 12.4. The van der Waals surface area contributed by atoms with E-state index in [9.17, 15) is 4.79 Å². The van der Waals surface area contributed by atoms with Gasteiger partial charge in [-0.3, -0.25) is 0 Å². The minimum atomic E-state index is -0.392. The van der Waals surface area contributed by atoms with Crippen LogP contribution in [0.4, 0.5) is 10.5 Å². The summed E-state index contributed by atoms with van der Waals surface area (Å²) in [5, 5.41) is 2.76. The highest BCUT2D eigenvalue weighted by molar-refractivity contribution is 5.66. The zero-order valence-electron chi connectivity index (χ0n) is 12.4. The largest absolute Gasteiger partial charge is 0.453 e. The minimum absolute atomic E-state index is 0.204. The monoisotopic (exact) mass is 266 g/mol. The average Bonchev–Trinajstić information content (AvgIpc) is 2.38. The third-order valence-electron chi connectivity index (χ3n) is 3.14. The lowest BCUT2D eigenvalue weighted by Gasteiger charge is -2.22. The molecule has 0 saturated carbocycles. The van der Waals surface area contributed by atoms with Crippen molar-refractivity contribution in [2.24, 2.45) is 0 Å². The molecule has 0 fully saturated rings. The smallest absolute Gasteiger partial charge is 0.407 e. The number of hydrogen-bond donors (Lipinski definition) is 2. The maximum absolute atomic E-state index is 11.2. The van der Waals surface area contributed by atoms with Gasteiger partial charge < -0.3 is 19.9 Å². The van der Waals surface area contributed by atoms with Gasteiger partial charge in [-0.05, 0) is 12.1 Å². The molecule has 0 spiro atoms. The molecule has 2 N–H and O–H groups in total. The molecular weight excluding hydrogens is 242 g/mol. The molecule has 1 aromatic carbocycles. The van der Waals surface area contributed by atoms with Crippen molar-refractivity contribution in [2.75, 3.05) is 46.7 Å². The number of methoxy groups -OCH3 is 1. The number of likely N-dealkylation sites (N-methyl/N-ethyl adjacent to an activating group) is 1. The lowest BCUT2D eigenvalue weighted by atomic mass is 10.1. The Balaban J connectivity index is 2.78. The molecule has 1 atom stereocenters. The fraction of sp³-hybridized carbons (Fsp3) is 0.500. The van der Waals surface area contributed by atoms with E-state index in [4.69, 9.17) is 0 Å². The van der Waals surface area contributed by atoms with Crippen molar-refractivity contribution < 1.29 is 14.4 Å². The summed E-state index contributed by atoms with van der Waals surface area (Å²) in [6.07, 6.45) is -0.392. The molecule has 5 nitrogen and oxygen atoms in total. The van der Waals surface area contributed by atoms with Crippen molar-refractivity contribution in [3.63, 3.8) is 0 Å². The van der Waals surface area contributed by atoms with Crippen molar-refractivity contribution in [3.8, 4) is 0 Å². The summed E-state index contributed by atoms with van der Waals surface area (Å²) in [7, 11) is 9.55. The number of nitrogens with one attached hydrogen (secondary N) is 2. The van der Waals surface area contributed by atoms with Crippen molar-refractivity contribution in [1.82, 2.24) is 5.32 Å². The second-order valence-corrected chi connectivity index (χ2v) is 4.99. The van der Waals surface area contributed by atoms with E-state index in [0.717, 1.165) is 5.69 Å². The number of anilines is 1. The van der Waals surface area contributed by atoms with E-state index in [-0.39, 0.29) is 6.04 Å². The fourth-order valence-corrected chi connectivity index (χ4v) is 1.92. The van der Waals surface area contributed by atoms with E-state index in [1.807, 2.05) is 14.1 Å². The summed E-state index contributed by atoms with van der Waals surface area (Å²) in [6.45, 7) is 0.552. The number of nitrogens with zero attached hydrogens (tertiary/aromatic N) is 1. The molecule has 1 rings (SSSR count). The lowest BCUT2D eigenvalue weighted by molar-refractivity contribution is -0.890. The fourth-order valence-electron chi connectivity index (χ4n) is 1.92. The number of quaternary nitrogens is 1. The molecule has 1 amide bonds.